The maximum absolute atomic E-state index is 11.9. The van der Waals surface area contributed by atoms with E-state index in [4.69, 9.17) is 11.6 Å². The molecular weight excluding hydrogens is 226 g/mol. The number of aliphatic hydroxyl groups is 1. The topological polar surface area (TPSA) is 40.5 Å². The molecule has 2 rings (SSSR count). The summed E-state index contributed by atoms with van der Waals surface area (Å²) in [7, 11) is 0. The van der Waals surface area contributed by atoms with E-state index in [0.717, 1.165) is 13.0 Å². The lowest BCUT2D eigenvalue weighted by Gasteiger charge is -2.13. The number of hydrogen-bond acceptors (Lipinski definition) is 3. The van der Waals surface area contributed by atoms with Crippen LogP contribution in [0.3, 0.4) is 0 Å². The fraction of sp³-hybridized carbons (Fsp3) is 0.417. The zero-order chi connectivity index (χ0) is 11.5. The predicted octanol–water partition coefficient (Wildman–Crippen LogP) is 1.59. The Morgan fingerprint density at radius 1 is 1.56 bits per heavy atom. The normalized spacial score (nSPS) is 21.2. The van der Waals surface area contributed by atoms with Gasteiger partial charge in [-0.2, -0.15) is 0 Å². The summed E-state index contributed by atoms with van der Waals surface area (Å²) in [4.78, 5) is 13.8. The summed E-state index contributed by atoms with van der Waals surface area (Å²) in [5.74, 6) is 0.0524. The highest BCUT2D eigenvalue weighted by atomic mass is 35.5. The van der Waals surface area contributed by atoms with Crippen molar-refractivity contribution in [3.8, 4) is 0 Å². The lowest BCUT2D eigenvalue weighted by atomic mass is 10.1. The molecule has 0 spiro atoms. The smallest absolute Gasteiger partial charge is 0.176 e. The summed E-state index contributed by atoms with van der Waals surface area (Å²) >= 11 is 5.82. The molecule has 0 aliphatic carbocycles. The molecule has 1 heterocycles. The van der Waals surface area contributed by atoms with Crippen LogP contribution >= 0.6 is 11.6 Å². The number of aliphatic hydroxyl groups excluding tert-OH is 1. The number of carbonyl (C=O) groups is 1. The summed E-state index contributed by atoms with van der Waals surface area (Å²) in [6.45, 7) is 1.73. The number of likely N-dealkylation sites (tertiary alicyclic amines) is 1. The van der Waals surface area contributed by atoms with E-state index < -0.39 is 0 Å². The number of benzene rings is 1. The monoisotopic (exact) mass is 239 g/mol. The van der Waals surface area contributed by atoms with Crippen LogP contribution in [0.5, 0.6) is 0 Å². The molecule has 1 aromatic carbocycles. The first-order valence-corrected chi connectivity index (χ1v) is 5.72. The third kappa shape index (κ3) is 2.82. The van der Waals surface area contributed by atoms with Gasteiger partial charge in [-0.1, -0.05) is 23.7 Å². The van der Waals surface area contributed by atoms with Crippen molar-refractivity contribution in [2.75, 3.05) is 19.6 Å². The van der Waals surface area contributed by atoms with E-state index in [2.05, 4.69) is 0 Å². The van der Waals surface area contributed by atoms with Crippen molar-refractivity contribution in [1.82, 2.24) is 4.90 Å². The van der Waals surface area contributed by atoms with Gasteiger partial charge in [0.25, 0.3) is 0 Å². The van der Waals surface area contributed by atoms with Gasteiger partial charge in [-0.15, -0.1) is 0 Å². The Hall–Kier alpha value is -0.900. The zero-order valence-corrected chi connectivity index (χ0v) is 9.65. The van der Waals surface area contributed by atoms with Crippen molar-refractivity contribution in [1.29, 1.82) is 0 Å². The van der Waals surface area contributed by atoms with Crippen LogP contribution in [0.1, 0.15) is 16.8 Å². The van der Waals surface area contributed by atoms with Crippen LogP contribution in [0.2, 0.25) is 5.02 Å². The summed E-state index contributed by atoms with van der Waals surface area (Å²) in [6.07, 6.45) is 0.468. The van der Waals surface area contributed by atoms with E-state index in [1.165, 1.54) is 0 Å². The Labute approximate surface area is 99.6 Å². The van der Waals surface area contributed by atoms with Gasteiger partial charge in [-0.05, 0) is 18.6 Å². The van der Waals surface area contributed by atoms with Gasteiger partial charge in [0.15, 0.2) is 5.78 Å². The number of rotatable bonds is 3. The summed E-state index contributed by atoms with van der Waals surface area (Å²) in [6, 6.07) is 6.96. The third-order valence-electron chi connectivity index (χ3n) is 2.76. The Kier molecular flexibility index (Phi) is 3.59. The Bertz CT molecular complexity index is 394. The van der Waals surface area contributed by atoms with E-state index in [0.29, 0.717) is 23.7 Å². The molecule has 86 valence electrons. The molecular formula is C12H14ClNO2. The minimum Gasteiger partial charge on any atom is -0.392 e. The predicted molar refractivity (Wildman–Crippen MR) is 62.8 cm³/mol. The molecule has 0 saturated carbocycles. The van der Waals surface area contributed by atoms with Crippen LogP contribution in [0.4, 0.5) is 0 Å². The average Bonchev–Trinajstić information content (AvgIpc) is 2.64. The molecule has 1 atom stereocenters. The van der Waals surface area contributed by atoms with E-state index >= 15 is 0 Å². The van der Waals surface area contributed by atoms with Gasteiger partial charge in [-0.25, -0.2) is 0 Å². The van der Waals surface area contributed by atoms with E-state index in [9.17, 15) is 9.90 Å². The molecule has 0 radical (unpaired) electrons. The van der Waals surface area contributed by atoms with Crippen LogP contribution < -0.4 is 0 Å². The largest absolute Gasteiger partial charge is 0.392 e. The highest BCUT2D eigenvalue weighted by Gasteiger charge is 2.22. The molecule has 4 heteroatoms. The Balaban J connectivity index is 1.98. The first kappa shape index (κ1) is 11.6. The van der Waals surface area contributed by atoms with Crippen molar-refractivity contribution in [3.05, 3.63) is 34.9 Å². The van der Waals surface area contributed by atoms with Gasteiger partial charge in [0.05, 0.1) is 12.6 Å². The van der Waals surface area contributed by atoms with Crippen molar-refractivity contribution in [2.45, 2.75) is 12.5 Å². The molecule has 1 unspecified atom stereocenters. The fourth-order valence-corrected chi connectivity index (χ4v) is 2.10. The lowest BCUT2D eigenvalue weighted by molar-refractivity contribution is 0.0935. The first-order chi connectivity index (χ1) is 7.65. The number of carbonyl (C=O) groups excluding carboxylic acids is 1. The molecule has 1 N–H and O–H groups in total. The fourth-order valence-electron chi connectivity index (χ4n) is 1.91. The van der Waals surface area contributed by atoms with Crippen molar-refractivity contribution >= 4 is 17.4 Å². The molecule has 0 aromatic heterocycles. The van der Waals surface area contributed by atoms with Gasteiger partial charge in [0, 0.05) is 23.7 Å². The standard InChI is InChI=1S/C12H14ClNO2/c13-10-3-1-2-9(6-10)12(16)8-14-5-4-11(15)7-14/h1-3,6,11,15H,4-5,7-8H2. The number of Topliss-reactive ketones (excluding diaryl/α,β-unsaturated/α-hetero) is 1. The first-order valence-electron chi connectivity index (χ1n) is 5.34. The minimum atomic E-state index is -0.285. The molecule has 0 bridgehead atoms. The van der Waals surface area contributed by atoms with Crippen LogP contribution in [-0.2, 0) is 0 Å². The molecule has 1 saturated heterocycles. The number of nitrogens with zero attached hydrogens (tertiary/aromatic N) is 1. The van der Waals surface area contributed by atoms with Crippen LogP contribution in [0, 0.1) is 0 Å². The van der Waals surface area contributed by atoms with Crippen LogP contribution in [-0.4, -0.2) is 41.5 Å². The maximum atomic E-state index is 11.9. The Morgan fingerprint density at radius 3 is 3.00 bits per heavy atom. The number of β-amino-alcohol motifs (C(OH)–C–C–N with tert-alkyl or cyclic N) is 1. The molecule has 0 amide bonds. The molecule has 1 aliphatic heterocycles. The second-order valence-corrected chi connectivity index (χ2v) is 4.55. The van der Waals surface area contributed by atoms with Gasteiger partial charge < -0.3 is 5.11 Å². The lowest BCUT2D eigenvalue weighted by Crippen LogP contribution is -2.28. The molecule has 1 aromatic rings. The number of halogens is 1. The Morgan fingerprint density at radius 2 is 2.38 bits per heavy atom. The number of hydrogen-bond donors (Lipinski definition) is 1. The summed E-state index contributed by atoms with van der Waals surface area (Å²) in [5.41, 5.74) is 0.633. The SMILES string of the molecule is O=C(CN1CCC(O)C1)c1cccc(Cl)c1. The zero-order valence-electron chi connectivity index (χ0n) is 8.90. The average molecular weight is 240 g/mol. The third-order valence-corrected chi connectivity index (χ3v) is 3.00. The van der Waals surface area contributed by atoms with Crippen molar-refractivity contribution < 1.29 is 9.90 Å². The molecule has 16 heavy (non-hydrogen) atoms. The van der Waals surface area contributed by atoms with Gasteiger partial charge in [0.1, 0.15) is 0 Å². The molecule has 1 fully saturated rings. The second-order valence-electron chi connectivity index (χ2n) is 4.11. The van der Waals surface area contributed by atoms with Gasteiger partial charge in [-0.3, -0.25) is 9.69 Å². The van der Waals surface area contributed by atoms with E-state index in [1.807, 2.05) is 4.90 Å². The highest BCUT2D eigenvalue weighted by Crippen LogP contribution is 2.13. The highest BCUT2D eigenvalue weighted by molar-refractivity contribution is 6.31. The van der Waals surface area contributed by atoms with Crippen LogP contribution in [0.15, 0.2) is 24.3 Å². The number of ketones is 1. The maximum Gasteiger partial charge on any atom is 0.176 e. The van der Waals surface area contributed by atoms with E-state index in [-0.39, 0.29) is 11.9 Å². The quantitative estimate of drug-likeness (QED) is 0.815. The van der Waals surface area contributed by atoms with Gasteiger partial charge in [0.2, 0.25) is 0 Å². The molecule has 3 nitrogen and oxygen atoms in total. The van der Waals surface area contributed by atoms with E-state index in [1.54, 1.807) is 24.3 Å². The summed E-state index contributed by atoms with van der Waals surface area (Å²) < 4.78 is 0. The van der Waals surface area contributed by atoms with Gasteiger partial charge >= 0.3 is 0 Å². The molecule has 1 aliphatic rings. The summed E-state index contributed by atoms with van der Waals surface area (Å²) in [5, 5.41) is 9.93. The second kappa shape index (κ2) is 4.95. The minimum absolute atomic E-state index is 0.0524. The van der Waals surface area contributed by atoms with Crippen LogP contribution in [0.25, 0.3) is 0 Å². The van der Waals surface area contributed by atoms with Crippen molar-refractivity contribution in [2.24, 2.45) is 0 Å². The van der Waals surface area contributed by atoms with Crippen molar-refractivity contribution in [3.63, 3.8) is 0 Å².